The van der Waals surface area contributed by atoms with E-state index in [1.54, 1.807) is 17.4 Å². The molecule has 1 aromatic carbocycles. The summed E-state index contributed by atoms with van der Waals surface area (Å²) in [6.45, 7) is 17.8. The van der Waals surface area contributed by atoms with Crippen molar-refractivity contribution in [3.63, 3.8) is 0 Å². The fourth-order valence-electron chi connectivity index (χ4n) is 4.41. The number of hydrogen-bond donors (Lipinski definition) is 0. The molecule has 2 heterocycles. The summed E-state index contributed by atoms with van der Waals surface area (Å²) in [6.07, 6.45) is 4.81. The highest BCUT2D eigenvalue weighted by atomic mass is 28.4. The standard InChI is InChI=1S/C25H43N3O5Si/c1-8-9-18-31-25(5)19-22(20-12-14-21(15-13-20)27(29)30)23(26-16-10-11-17-26)28(32-25)33-34(6,7)24(2,3)4/h12-15,22-23H,8-11,16-19H2,1-7H3/t22-,23+,25+/m1/s1. The molecule has 2 fully saturated rings. The number of rotatable bonds is 9. The molecule has 0 amide bonds. The predicted octanol–water partition coefficient (Wildman–Crippen LogP) is 6.21. The summed E-state index contributed by atoms with van der Waals surface area (Å²) < 4.78 is 13.1. The minimum absolute atomic E-state index is 0.00565. The van der Waals surface area contributed by atoms with Gasteiger partial charge in [-0.15, -0.1) is 0 Å². The van der Waals surface area contributed by atoms with Crippen LogP contribution >= 0.6 is 0 Å². The van der Waals surface area contributed by atoms with Crippen LogP contribution in [0.1, 0.15) is 78.2 Å². The van der Waals surface area contributed by atoms with E-state index in [9.17, 15) is 10.1 Å². The fourth-order valence-corrected chi connectivity index (χ4v) is 5.28. The molecule has 0 saturated carbocycles. The van der Waals surface area contributed by atoms with Crippen molar-refractivity contribution in [2.24, 2.45) is 0 Å². The summed E-state index contributed by atoms with van der Waals surface area (Å²) in [6, 6.07) is 6.96. The Morgan fingerprint density at radius 2 is 1.82 bits per heavy atom. The molecule has 8 nitrogen and oxygen atoms in total. The van der Waals surface area contributed by atoms with E-state index in [2.05, 4.69) is 45.7 Å². The Kier molecular flexibility index (Phi) is 8.58. The van der Waals surface area contributed by atoms with Crippen LogP contribution in [-0.2, 0) is 14.1 Å². The predicted molar refractivity (Wildman–Crippen MR) is 136 cm³/mol. The highest BCUT2D eigenvalue weighted by Gasteiger charge is 2.52. The number of non-ortho nitro benzene ring substituents is 1. The molecule has 34 heavy (non-hydrogen) atoms. The van der Waals surface area contributed by atoms with Gasteiger partial charge >= 0.3 is 0 Å². The Bertz CT molecular complexity index is 823. The van der Waals surface area contributed by atoms with Gasteiger partial charge in [-0.05, 0) is 63.0 Å². The van der Waals surface area contributed by atoms with Crippen molar-refractivity contribution in [3.05, 3.63) is 39.9 Å². The second-order valence-corrected chi connectivity index (χ2v) is 16.1. The zero-order chi connectivity index (χ0) is 25.1. The lowest BCUT2D eigenvalue weighted by Gasteiger charge is -2.52. The van der Waals surface area contributed by atoms with Crippen molar-refractivity contribution in [1.29, 1.82) is 0 Å². The van der Waals surface area contributed by atoms with Crippen LogP contribution in [0.5, 0.6) is 0 Å². The number of hydrogen-bond acceptors (Lipinski definition) is 7. The Hall–Kier alpha value is -1.36. The topological polar surface area (TPSA) is 77.3 Å². The summed E-state index contributed by atoms with van der Waals surface area (Å²) >= 11 is 0. The molecule has 1 aromatic rings. The molecular formula is C25H43N3O5Si. The molecule has 0 spiro atoms. The largest absolute Gasteiger partial charge is 0.348 e. The van der Waals surface area contributed by atoms with E-state index in [0.29, 0.717) is 13.0 Å². The van der Waals surface area contributed by atoms with E-state index in [1.807, 2.05) is 19.1 Å². The van der Waals surface area contributed by atoms with Crippen molar-refractivity contribution in [3.8, 4) is 0 Å². The maximum Gasteiger partial charge on any atom is 0.269 e. The van der Waals surface area contributed by atoms with E-state index in [0.717, 1.165) is 44.3 Å². The third-order valence-electron chi connectivity index (χ3n) is 7.53. The van der Waals surface area contributed by atoms with Gasteiger partial charge in [0.2, 0.25) is 8.32 Å². The monoisotopic (exact) mass is 493 g/mol. The number of unbranched alkanes of at least 4 members (excludes halogenated alkanes) is 1. The van der Waals surface area contributed by atoms with Crippen LogP contribution in [0.15, 0.2) is 24.3 Å². The molecule has 0 unspecified atom stereocenters. The first-order chi connectivity index (χ1) is 15.9. The van der Waals surface area contributed by atoms with Crippen LogP contribution in [0.2, 0.25) is 18.1 Å². The molecule has 2 saturated heterocycles. The minimum Gasteiger partial charge on any atom is -0.348 e. The van der Waals surface area contributed by atoms with E-state index >= 15 is 0 Å². The lowest BCUT2D eigenvalue weighted by molar-refractivity contribution is -0.475. The zero-order valence-electron chi connectivity index (χ0n) is 22.0. The summed E-state index contributed by atoms with van der Waals surface area (Å²) in [7, 11) is -2.21. The highest BCUT2D eigenvalue weighted by Crippen LogP contribution is 2.45. The van der Waals surface area contributed by atoms with Gasteiger partial charge in [-0.3, -0.25) is 15.0 Å². The lowest BCUT2D eigenvalue weighted by atomic mass is 9.87. The van der Waals surface area contributed by atoms with Crippen molar-refractivity contribution < 1.29 is 19.0 Å². The highest BCUT2D eigenvalue weighted by molar-refractivity contribution is 6.74. The van der Waals surface area contributed by atoms with Crippen LogP contribution in [0, 0.1) is 10.1 Å². The molecule has 0 N–H and O–H groups in total. The van der Waals surface area contributed by atoms with Gasteiger partial charge in [-0.25, -0.2) is 4.84 Å². The van der Waals surface area contributed by atoms with Crippen molar-refractivity contribution in [2.45, 2.75) is 103 Å². The van der Waals surface area contributed by atoms with Gasteiger partial charge in [0, 0.05) is 24.5 Å². The number of nitrogens with zero attached hydrogens (tertiary/aromatic N) is 3. The second-order valence-electron chi connectivity index (χ2n) is 11.4. The van der Waals surface area contributed by atoms with Gasteiger partial charge in [-0.2, -0.15) is 0 Å². The lowest BCUT2D eigenvalue weighted by Crippen LogP contribution is -2.62. The molecule has 2 aliphatic heterocycles. The Morgan fingerprint density at radius 3 is 2.35 bits per heavy atom. The summed E-state index contributed by atoms with van der Waals surface area (Å²) in [4.78, 5) is 19.9. The minimum atomic E-state index is -2.21. The molecular weight excluding hydrogens is 450 g/mol. The smallest absolute Gasteiger partial charge is 0.269 e. The first-order valence-electron chi connectivity index (χ1n) is 12.7. The van der Waals surface area contributed by atoms with E-state index < -0.39 is 14.1 Å². The Labute approximate surface area is 205 Å². The SMILES string of the molecule is CCCCO[C@]1(C)C[C@H](c2ccc([N+](=O)[O-])cc2)[C@@H](N2CCCC2)N(O[Si](C)(C)C(C)(C)C)O1. The number of nitro benzene ring substituents is 1. The van der Waals surface area contributed by atoms with E-state index in [-0.39, 0.29) is 27.7 Å². The quantitative estimate of drug-likeness (QED) is 0.175. The average molecular weight is 494 g/mol. The fraction of sp³-hybridized carbons (Fsp3) is 0.760. The Balaban J connectivity index is 2.01. The first kappa shape index (κ1) is 27.2. The third-order valence-corrected chi connectivity index (χ3v) is 11.8. The number of benzene rings is 1. The Morgan fingerprint density at radius 1 is 1.21 bits per heavy atom. The van der Waals surface area contributed by atoms with Crippen LogP contribution in [0.3, 0.4) is 0 Å². The number of likely N-dealkylation sites (tertiary alicyclic amines) is 1. The molecule has 0 bridgehead atoms. The van der Waals surface area contributed by atoms with Crippen molar-refractivity contribution in [2.75, 3.05) is 19.7 Å². The van der Waals surface area contributed by atoms with E-state index in [4.69, 9.17) is 14.1 Å². The second kappa shape index (κ2) is 10.7. The van der Waals surface area contributed by atoms with Crippen LogP contribution in [-0.4, -0.2) is 55.0 Å². The molecule has 0 aliphatic carbocycles. The molecule has 3 atom stereocenters. The van der Waals surface area contributed by atoms with Gasteiger partial charge in [0.15, 0.2) is 5.79 Å². The van der Waals surface area contributed by atoms with Gasteiger partial charge in [0.25, 0.3) is 5.69 Å². The summed E-state index contributed by atoms with van der Waals surface area (Å²) in [5.74, 6) is -0.829. The number of nitro groups is 1. The van der Waals surface area contributed by atoms with Gasteiger partial charge < -0.3 is 9.26 Å². The molecule has 0 aromatic heterocycles. The van der Waals surface area contributed by atoms with Crippen molar-refractivity contribution in [1.82, 2.24) is 10.1 Å². The maximum absolute atomic E-state index is 11.2. The van der Waals surface area contributed by atoms with Crippen molar-refractivity contribution >= 4 is 14.0 Å². The van der Waals surface area contributed by atoms with Gasteiger partial charge in [0.1, 0.15) is 6.17 Å². The molecule has 3 rings (SSSR count). The van der Waals surface area contributed by atoms with Gasteiger partial charge in [0.05, 0.1) is 11.5 Å². The number of hydroxylamine groups is 2. The summed E-state index contributed by atoms with van der Waals surface area (Å²) in [5.41, 5.74) is 1.14. The van der Waals surface area contributed by atoms with Crippen LogP contribution < -0.4 is 0 Å². The molecule has 9 heteroatoms. The maximum atomic E-state index is 11.2. The average Bonchev–Trinajstić information content (AvgIpc) is 3.27. The summed E-state index contributed by atoms with van der Waals surface area (Å²) in [5, 5.41) is 13.0. The zero-order valence-corrected chi connectivity index (χ0v) is 23.0. The normalized spacial score (nSPS) is 27.3. The molecule has 2 aliphatic rings. The molecule has 192 valence electrons. The molecule has 0 radical (unpaired) electrons. The van der Waals surface area contributed by atoms with Crippen LogP contribution in [0.4, 0.5) is 5.69 Å². The first-order valence-corrected chi connectivity index (χ1v) is 15.6. The third kappa shape index (κ3) is 6.25. The van der Waals surface area contributed by atoms with Gasteiger partial charge in [-0.1, -0.05) is 51.5 Å². The van der Waals surface area contributed by atoms with Crippen LogP contribution in [0.25, 0.3) is 0 Å². The van der Waals surface area contributed by atoms with E-state index in [1.165, 1.54) is 0 Å². The number of ether oxygens (including phenoxy) is 1.